The fourth-order valence-corrected chi connectivity index (χ4v) is 4.86. The summed E-state index contributed by atoms with van der Waals surface area (Å²) in [6.07, 6.45) is 7.66. The molecule has 0 aliphatic carbocycles. The molecule has 0 fully saturated rings. The van der Waals surface area contributed by atoms with E-state index in [0.29, 0.717) is 22.3 Å². The zero-order chi connectivity index (χ0) is 23.3. The Morgan fingerprint density at radius 2 is 1.18 bits per heavy atom. The molecule has 6 rings (SSSR count). The van der Waals surface area contributed by atoms with E-state index in [-0.39, 0.29) is 4.90 Å². The van der Waals surface area contributed by atoms with Crippen molar-refractivity contribution in [2.24, 2.45) is 0 Å². The van der Waals surface area contributed by atoms with Crippen molar-refractivity contribution in [2.45, 2.75) is 4.90 Å². The standard InChI is InChI=1S/C26H18N4O3S/c31-34(32,33)26-4-2-1-3-23(26)24-14-22-13-20-8-7-18(28-20)11-16-5-6-17(27-16)12-19-9-10-21(29-19)15-25(24)30-22/h1-15,27,30H,(H,31,32,33). The highest BCUT2D eigenvalue weighted by Crippen LogP contribution is 2.32. The third-order valence-electron chi connectivity index (χ3n) is 5.62. The van der Waals surface area contributed by atoms with Crippen LogP contribution < -0.4 is 0 Å². The zero-order valence-corrected chi connectivity index (χ0v) is 18.5. The van der Waals surface area contributed by atoms with Crippen LogP contribution in [0.2, 0.25) is 0 Å². The van der Waals surface area contributed by atoms with Gasteiger partial charge in [-0.3, -0.25) is 4.55 Å². The highest BCUT2D eigenvalue weighted by Gasteiger charge is 2.18. The Morgan fingerprint density at radius 3 is 1.79 bits per heavy atom. The van der Waals surface area contributed by atoms with Gasteiger partial charge in [0.25, 0.3) is 10.1 Å². The predicted octanol–water partition coefficient (Wildman–Crippen LogP) is 5.57. The molecule has 4 aromatic rings. The van der Waals surface area contributed by atoms with Gasteiger partial charge in [0.2, 0.25) is 0 Å². The molecule has 8 heteroatoms. The van der Waals surface area contributed by atoms with Crippen molar-refractivity contribution < 1.29 is 13.0 Å². The molecule has 0 saturated heterocycles. The molecule has 2 aliphatic heterocycles. The van der Waals surface area contributed by atoms with Gasteiger partial charge in [-0.15, -0.1) is 0 Å². The van der Waals surface area contributed by atoms with Gasteiger partial charge < -0.3 is 9.97 Å². The van der Waals surface area contributed by atoms with Gasteiger partial charge in [-0.2, -0.15) is 8.42 Å². The molecule has 0 spiro atoms. The highest BCUT2D eigenvalue weighted by molar-refractivity contribution is 7.86. The van der Waals surface area contributed by atoms with Gasteiger partial charge in [0.15, 0.2) is 0 Å². The van der Waals surface area contributed by atoms with Crippen molar-refractivity contribution in [3.63, 3.8) is 0 Å². The lowest BCUT2D eigenvalue weighted by Crippen LogP contribution is -2.00. The van der Waals surface area contributed by atoms with Crippen molar-refractivity contribution in [3.05, 3.63) is 89.5 Å². The fourth-order valence-electron chi connectivity index (χ4n) is 4.15. The van der Waals surface area contributed by atoms with E-state index in [1.54, 1.807) is 18.2 Å². The minimum Gasteiger partial charge on any atom is -0.355 e. The molecule has 5 heterocycles. The second-order valence-corrected chi connectivity index (χ2v) is 9.45. The summed E-state index contributed by atoms with van der Waals surface area (Å²) in [5, 5.41) is 0. The average Bonchev–Trinajstić information content (AvgIpc) is 3.58. The average molecular weight is 467 g/mol. The van der Waals surface area contributed by atoms with Gasteiger partial charge in [-0.1, -0.05) is 18.2 Å². The zero-order valence-electron chi connectivity index (χ0n) is 17.7. The van der Waals surface area contributed by atoms with Crippen molar-refractivity contribution in [3.8, 4) is 11.1 Å². The van der Waals surface area contributed by atoms with E-state index in [0.717, 1.165) is 33.6 Å². The summed E-state index contributed by atoms with van der Waals surface area (Å²) in [6.45, 7) is 0. The van der Waals surface area contributed by atoms with E-state index >= 15 is 0 Å². The number of nitrogens with zero attached hydrogens (tertiary/aromatic N) is 2. The number of hydrogen-bond donors (Lipinski definition) is 3. The highest BCUT2D eigenvalue weighted by atomic mass is 32.2. The fraction of sp³-hybridized carbons (Fsp3) is 0. The number of benzene rings is 1. The van der Waals surface area contributed by atoms with Gasteiger partial charge in [-0.05, 0) is 72.8 Å². The van der Waals surface area contributed by atoms with Crippen LogP contribution in [0.3, 0.4) is 0 Å². The number of rotatable bonds is 2. The SMILES string of the molecule is O=S(=O)(O)c1ccccc1-c1cc2cc3nc(cc4ccc(cc5nc(cc1[nH]2)C=C5)[nH]4)C=C3. The summed E-state index contributed by atoms with van der Waals surface area (Å²) in [7, 11) is -4.42. The van der Waals surface area contributed by atoms with Crippen molar-refractivity contribution in [1.82, 2.24) is 19.9 Å². The number of aromatic nitrogens is 4. The largest absolute Gasteiger partial charge is 0.355 e. The number of aromatic amines is 2. The van der Waals surface area contributed by atoms with Gasteiger partial charge >= 0.3 is 0 Å². The first-order valence-corrected chi connectivity index (χ1v) is 12.0. The smallest absolute Gasteiger partial charge is 0.295 e. The maximum absolute atomic E-state index is 12.1. The molecule has 7 nitrogen and oxygen atoms in total. The van der Waals surface area contributed by atoms with E-state index in [2.05, 4.69) is 19.9 Å². The monoisotopic (exact) mass is 466 g/mol. The molecule has 0 saturated carbocycles. The second-order valence-electron chi connectivity index (χ2n) is 8.06. The van der Waals surface area contributed by atoms with Crippen LogP contribution in [0.5, 0.6) is 0 Å². The maximum Gasteiger partial charge on any atom is 0.295 e. The quantitative estimate of drug-likeness (QED) is 0.289. The molecule has 34 heavy (non-hydrogen) atoms. The van der Waals surface area contributed by atoms with E-state index in [1.807, 2.05) is 66.8 Å². The molecule has 0 atom stereocenters. The third-order valence-corrected chi connectivity index (χ3v) is 6.54. The van der Waals surface area contributed by atoms with Crippen molar-refractivity contribution in [2.75, 3.05) is 0 Å². The Kier molecular flexibility index (Phi) is 4.58. The van der Waals surface area contributed by atoms with Crippen LogP contribution in [-0.2, 0) is 10.1 Å². The summed E-state index contributed by atoms with van der Waals surface area (Å²) >= 11 is 0. The number of H-pyrrole nitrogens is 2. The first kappa shape index (κ1) is 20.3. The van der Waals surface area contributed by atoms with E-state index in [1.165, 1.54) is 6.07 Å². The van der Waals surface area contributed by atoms with Crippen molar-refractivity contribution in [1.29, 1.82) is 0 Å². The third kappa shape index (κ3) is 3.85. The minimum absolute atomic E-state index is 0.156. The van der Waals surface area contributed by atoms with Crippen molar-refractivity contribution >= 4 is 56.5 Å². The van der Waals surface area contributed by atoms with E-state index in [9.17, 15) is 13.0 Å². The summed E-state index contributed by atoms with van der Waals surface area (Å²) in [5.74, 6) is 0. The Bertz CT molecular complexity index is 1790. The molecule has 3 aromatic heterocycles. The Balaban J connectivity index is 1.70. The second kappa shape index (κ2) is 7.65. The molecule has 0 amide bonds. The van der Waals surface area contributed by atoms with Crippen LogP contribution in [0.1, 0.15) is 22.8 Å². The maximum atomic E-state index is 12.1. The topological polar surface area (TPSA) is 112 Å². The molecule has 166 valence electrons. The molecule has 1 aromatic carbocycles. The molecule has 2 aliphatic rings. The molecular formula is C26H18N4O3S. The van der Waals surface area contributed by atoms with Crippen LogP contribution in [0.4, 0.5) is 0 Å². The first-order chi connectivity index (χ1) is 16.4. The lowest BCUT2D eigenvalue weighted by atomic mass is 10.1. The lowest BCUT2D eigenvalue weighted by molar-refractivity contribution is 0.483. The van der Waals surface area contributed by atoms with Gasteiger partial charge in [0.05, 0.1) is 22.8 Å². The van der Waals surface area contributed by atoms with Gasteiger partial charge in [-0.25, -0.2) is 9.97 Å². The molecule has 0 radical (unpaired) electrons. The lowest BCUT2D eigenvalue weighted by Gasteiger charge is -2.05. The summed E-state index contributed by atoms with van der Waals surface area (Å²) in [6, 6.07) is 19.9. The number of nitrogens with one attached hydrogen (secondary N) is 2. The number of hydrogen-bond acceptors (Lipinski definition) is 4. The van der Waals surface area contributed by atoms with Gasteiger partial charge in [0.1, 0.15) is 4.90 Å². The van der Waals surface area contributed by atoms with Crippen LogP contribution in [0, 0.1) is 0 Å². The Hall–Kier alpha value is -4.27. The van der Waals surface area contributed by atoms with E-state index < -0.39 is 10.1 Å². The molecule has 0 unspecified atom stereocenters. The Labute approximate surface area is 194 Å². The Morgan fingerprint density at radius 1 is 0.618 bits per heavy atom. The molecular weight excluding hydrogens is 448 g/mol. The first-order valence-electron chi connectivity index (χ1n) is 10.6. The van der Waals surface area contributed by atoms with Crippen LogP contribution in [0.25, 0.3) is 57.5 Å². The normalized spacial score (nSPS) is 12.9. The summed E-state index contributed by atoms with van der Waals surface area (Å²) < 4.78 is 33.9. The van der Waals surface area contributed by atoms with Crippen LogP contribution >= 0.6 is 0 Å². The minimum atomic E-state index is -4.42. The van der Waals surface area contributed by atoms with Gasteiger partial charge in [0, 0.05) is 33.2 Å². The van der Waals surface area contributed by atoms with Crippen LogP contribution in [-0.4, -0.2) is 32.9 Å². The number of fused-ring (bicyclic) bond motifs is 8. The summed E-state index contributed by atoms with van der Waals surface area (Å²) in [5.41, 5.74) is 7.37. The predicted molar refractivity (Wildman–Crippen MR) is 134 cm³/mol. The molecule has 3 N–H and O–H groups in total. The van der Waals surface area contributed by atoms with E-state index in [4.69, 9.17) is 0 Å². The summed E-state index contributed by atoms with van der Waals surface area (Å²) in [4.78, 5) is 15.9. The van der Waals surface area contributed by atoms with Crippen LogP contribution in [0.15, 0.2) is 71.6 Å². The molecule has 8 bridgehead atoms.